The van der Waals surface area contributed by atoms with Crippen LogP contribution >= 0.6 is 12.2 Å². The van der Waals surface area contributed by atoms with Crippen LogP contribution < -0.4 is 0 Å². The summed E-state index contributed by atoms with van der Waals surface area (Å²) in [6.45, 7) is 3.68. The molecular formula is C8H15N3OS. The van der Waals surface area contributed by atoms with Gasteiger partial charge in [-0.15, -0.1) is 0 Å². The Morgan fingerprint density at radius 1 is 1.54 bits per heavy atom. The molecule has 0 amide bonds. The third kappa shape index (κ3) is 2.93. The standard InChI is InChI=1S/C8H15N3OS/c1-7-9-10-8(13)11(7)5-3-4-6-12-2/h3-6H2,1-2H3,(H,10,13). The maximum absolute atomic E-state index is 5.06. The summed E-state index contributed by atoms with van der Waals surface area (Å²) in [5, 5.41) is 6.79. The number of hydrogen-bond acceptors (Lipinski definition) is 3. The zero-order chi connectivity index (χ0) is 9.68. The molecule has 74 valence electrons. The largest absolute Gasteiger partial charge is 0.385 e. The normalized spacial score (nSPS) is 10.6. The number of hydrogen-bond donors (Lipinski definition) is 1. The molecule has 0 fully saturated rings. The highest BCUT2D eigenvalue weighted by Gasteiger charge is 1.99. The van der Waals surface area contributed by atoms with Gasteiger partial charge in [0.25, 0.3) is 0 Å². The van der Waals surface area contributed by atoms with Crippen LogP contribution in [0, 0.1) is 11.7 Å². The smallest absolute Gasteiger partial charge is 0.195 e. The van der Waals surface area contributed by atoms with Gasteiger partial charge in [-0.1, -0.05) is 0 Å². The second-order valence-electron chi connectivity index (χ2n) is 2.93. The number of H-pyrrole nitrogens is 1. The minimum Gasteiger partial charge on any atom is -0.385 e. The molecule has 1 aromatic rings. The molecule has 0 bridgehead atoms. The van der Waals surface area contributed by atoms with Crippen LogP contribution in [0.3, 0.4) is 0 Å². The van der Waals surface area contributed by atoms with Crippen molar-refractivity contribution in [2.24, 2.45) is 0 Å². The first-order valence-corrected chi connectivity index (χ1v) is 4.77. The van der Waals surface area contributed by atoms with Crippen LogP contribution in [0.25, 0.3) is 0 Å². The van der Waals surface area contributed by atoms with Crippen molar-refractivity contribution in [3.8, 4) is 0 Å². The molecule has 0 aliphatic heterocycles. The van der Waals surface area contributed by atoms with Gasteiger partial charge in [0.1, 0.15) is 5.82 Å². The van der Waals surface area contributed by atoms with Crippen LogP contribution in [0.2, 0.25) is 0 Å². The summed E-state index contributed by atoms with van der Waals surface area (Å²) in [7, 11) is 1.72. The molecule has 0 saturated heterocycles. The summed E-state index contributed by atoms with van der Waals surface area (Å²) >= 11 is 5.06. The van der Waals surface area contributed by atoms with Crippen molar-refractivity contribution in [2.45, 2.75) is 26.3 Å². The van der Waals surface area contributed by atoms with E-state index in [4.69, 9.17) is 17.0 Å². The van der Waals surface area contributed by atoms with E-state index >= 15 is 0 Å². The number of rotatable bonds is 5. The molecule has 0 atom stereocenters. The van der Waals surface area contributed by atoms with Crippen molar-refractivity contribution in [3.05, 3.63) is 10.6 Å². The highest BCUT2D eigenvalue weighted by molar-refractivity contribution is 7.71. The summed E-state index contributed by atoms with van der Waals surface area (Å²) in [6.07, 6.45) is 2.13. The number of aromatic nitrogens is 3. The van der Waals surface area contributed by atoms with E-state index in [1.165, 1.54) is 0 Å². The van der Waals surface area contributed by atoms with E-state index in [-0.39, 0.29) is 0 Å². The van der Waals surface area contributed by atoms with E-state index in [1.807, 2.05) is 11.5 Å². The van der Waals surface area contributed by atoms with E-state index < -0.39 is 0 Å². The Kier molecular flexibility index (Phi) is 4.11. The van der Waals surface area contributed by atoms with Crippen LogP contribution in [0.4, 0.5) is 0 Å². The Hall–Kier alpha value is -0.680. The summed E-state index contributed by atoms with van der Waals surface area (Å²) in [5.74, 6) is 0.947. The molecule has 0 aliphatic rings. The summed E-state index contributed by atoms with van der Waals surface area (Å²) < 4.78 is 7.67. The van der Waals surface area contributed by atoms with Crippen molar-refractivity contribution < 1.29 is 4.74 Å². The van der Waals surface area contributed by atoms with E-state index in [1.54, 1.807) is 7.11 Å². The number of methoxy groups -OCH3 is 1. The Morgan fingerprint density at radius 3 is 2.85 bits per heavy atom. The van der Waals surface area contributed by atoms with Gasteiger partial charge in [-0.3, -0.25) is 5.10 Å². The van der Waals surface area contributed by atoms with Gasteiger partial charge in [0, 0.05) is 20.3 Å². The maximum Gasteiger partial charge on any atom is 0.195 e. The fourth-order valence-electron chi connectivity index (χ4n) is 1.18. The predicted molar refractivity (Wildman–Crippen MR) is 53.3 cm³/mol. The number of nitrogens with zero attached hydrogens (tertiary/aromatic N) is 2. The predicted octanol–water partition coefficient (Wildman–Crippen LogP) is 1.68. The SMILES string of the molecule is COCCCCn1c(C)n[nH]c1=S. The third-order valence-corrected chi connectivity index (χ3v) is 2.24. The zero-order valence-electron chi connectivity index (χ0n) is 8.04. The Bertz CT molecular complexity index is 305. The van der Waals surface area contributed by atoms with E-state index in [0.717, 1.165) is 31.8 Å². The van der Waals surface area contributed by atoms with Crippen molar-refractivity contribution >= 4 is 12.2 Å². The third-order valence-electron chi connectivity index (χ3n) is 1.93. The van der Waals surface area contributed by atoms with Gasteiger partial charge in [-0.25, -0.2) is 0 Å². The lowest BCUT2D eigenvalue weighted by atomic mass is 10.3. The minimum absolute atomic E-state index is 0.704. The summed E-state index contributed by atoms with van der Waals surface area (Å²) in [5.41, 5.74) is 0. The second kappa shape index (κ2) is 5.14. The molecule has 0 unspecified atom stereocenters. The highest BCUT2D eigenvalue weighted by Crippen LogP contribution is 2.00. The molecule has 5 heteroatoms. The van der Waals surface area contributed by atoms with E-state index in [2.05, 4.69) is 10.2 Å². The van der Waals surface area contributed by atoms with Crippen LogP contribution in [0.5, 0.6) is 0 Å². The molecule has 13 heavy (non-hydrogen) atoms. The zero-order valence-corrected chi connectivity index (χ0v) is 8.86. The molecule has 0 aromatic carbocycles. The van der Waals surface area contributed by atoms with Crippen LogP contribution in [0.1, 0.15) is 18.7 Å². The van der Waals surface area contributed by atoms with Crippen molar-refractivity contribution in [2.75, 3.05) is 13.7 Å². The lowest BCUT2D eigenvalue weighted by Crippen LogP contribution is -2.02. The van der Waals surface area contributed by atoms with Crippen molar-refractivity contribution in [1.29, 1.82) is 0 Å². The average molecular weight is 201 g/mol. The van der Waals surface area contributed by atoms with Crippen molar-refractivity contribution in [3.63, 3.8) is 0 Å². The number of ether oxygens (including phenoxy) is 1. The number of nitrogens with one attached hydrogen (secondary N) is 1. The van der Waals surface area contributed by atoms with Gasteiger partial charge >= 0.3 is 0 Å². The van der Waals surface area contributed by atoms with Gasteiger partial charge in [0.15, 0.2) is 4.77 Å². The van der Waals surface area contributed by atoms with Crippen LogP contribution in [-0.2, 0) is 11.3 Å². The fourth-order valence-corrected chi connectivity index (χ4v) is 1.45. The van der Waals surface area contributed by atoms with E-state index in [0.29, 0.717) is 4.77 Å². The minimum atomic E-state index is 0.704. The topological polar surface area (TPSA) is 42.8 Å². The monoisotopic (exact) mass is 201 g/mol. The Balaban J connectivity index is 2.40. The first-order valence-electron chi connectivity index (χ1n) is 4.36. The summed E-state index contributed by atoms with van der Waals surface area (Å²) in [6, 6.07) is 0. The van der Waals surface area contributed by atoms with Gasteiger partial charge in [-0.05, 0) is 32.0 Å². The molecule has 0 spiro atoms. The van der Waals surface area contributed by atoms with E-state index in [9.17, 15) is 0 Å². The number of aromatic amines is 1. The van der Waals surface area contributed by atoms with Gasteiger partial charge in [0.2, 0.25) is 0 Å². The lowest BCUT2D eigenvalue weighted by Gasteiger charge is -2.02. The number of unbranched alkanes of at least 4 members (excludes halogenated alkanes) is 1. The van der Waals surface area contributed by atoms with Crippen molar-refractivity contribution in [1.82, 2.24) is 14.8 Å². The van der Waals surface area contributed by atoms with Gasteiger partial charge < -0.3 is 9.30 Å². The van der Waals surface area contributed by atoms with Gasteiger partial charge in [-0.2, -0.15) is 5.10 Å². The fraction of sp³-hybridized carbons (Fsp3) is 0.750. The van der Waals surface area contributed by atoms with Crippen LogP contribution in [0.15, 0.2) is 0 Å². The molecule has 1 N–H and O–H groups in total. The second-order valence-corrected chi connectivity index (χ2v) is 3.31. The molecule has 1 aromatic heterocycles. The molecule has 0 saturated carbocycles. The first kappa shape index (κ1) is 10.4. The lowest BCUT2D eigenvalue weighted by molar-refractivity contribution is 0.191. The highest BCUT2D eigenvalue weighted by atomic mass is 32.1. The molecule has 1 heterocycles. The average Bonchev–Trinajstić information content (AvgIpc) is 2.42. The number of aryl methyl sites for hydroxylation is 1. The Morgan fingerprint density at radius 2 is 2.31 bits per heavy atom. The first-order chi connectivity index (χ1) is 6.25. The molecule has 0 radical (unpaired) electrons. The summed E-state index contributed by atoms with van der Waals surface area (Å²) in [4.78, 5) is 0. The molecule has 4 nitrogen and oxygen atoms in total. The quantitative estimate of drug-likeness (QED) is 0.582. The molecular weight excluding hydrogens is 186 g/mol. The molecule has 0 aliphatic carbocycles. The maximum atomic E-state index is 5.06. The molecule has 1 rings (SSSR count). The van der Waals surface area contributed by atoms with Gasteiger partial charge in [0.05, 0.1) is 0 Å². The Labute approximate surface area is 82.9 Å². The van der Waals surface area contributed by atoms with Crippen LogP contribution in [-0.4, -0.2) is 28.5 Å².